The molecule has 1 saturated carbocycles. The summed E-state index contributed by atoms with van der Waals surface area (Å²) in [5.41, 5.74) is 0.247. The third-order valence-electron chi connectivity index (χ3n) is 3.10. The Balaban J connectivity index is 2.12. The van der Waals surface area contributed by atoms with E-state index in [1.54, 1.807) is 6.20 Å². The van der Waals surface area contributed by atoms with E-state index in [4.69, 9.17) is 0 Å². The van der Waals surface area contributed by atoms with E-state index >= 15 is 0 Å². The van der Waals surface area contributed by atoms with E-state index in [-0.39, 0.29) is 5.69 Å². The first-order chi connectivity index (χ1) is 8.61. The van der Waals surface area contributed by atoms with Crippen molar-refractivity contribution in [2.45, 2.75) is 32.7 Å². The van der Waals surface area contributed by atoms with Crippen molar-refractivity contribution in [1.82, 2.24) is 9.97 Å². The standard InChI is InChI=1S/C13H19N3O2/c1-9(2)16(8-10-4-5-10)12-7-14-11(6-15-12)13(17)18-3/h6-7,9-10H,4-5,8H2,1-3H3. The van der Waals surface area contributed by atoms with E-state index in [0.717, 1.165) is 18.3 Å². The van der Waals surface area contributed by atoms with Crippen LogP contribution in [0.1, 0.15) is 37.2 Å². The molecule has 0 atom stereocenters. The number of rotatable bonds is 5. The molecule has 0 aliphatic heterocycles. The summed E-state index contributed by atoms with van der Waals surface area (Å²) in [6.45, 7) is 5.29. The van der Waals surface area contributed by atoms with Crippen LogP contribution in [-0.4, -0.2) is 35.6 Å². The highest BCUT2D eigenvalue weighted by atomic mass is 16.5. The normalized spacial score (nSPS) is 14.7. The van der Waals surface area contributed by atoms with Crippen molar-refractivity contribution in [1.29, 1.82) is 0 Å². The van der Waals surface area contributed by atoms with Crippen LogP contribution in [0.4, 0.5) is 5.82 Å². The van der Waals surface area contributed by atoms with Crippen LogP contribution >= 0.6 is 0 Å². The fourth-order valence-electron chi connectivity index (χ4n) is 1.83. The lowest BCUT2D eigenvalue weighted by molar-refractivity contribution is 0.0593. The van der Waals surface area contributed by atoms with Crippen molar-refractivity contribution >= 4 is 11.8 Å². The fourth-order valence-corrected chi connectivity index (χ4v) is 1.83. The Kier molecular flexibility index (Phi) is 3.79. The molecule has 2 rings (SSSR count). The van der Waals surface area contributed by atoms with Crippen molar-refractivity contribution < 1.29 is 9.53 Å². The average molecular weight is 249 g/mol. The molecule has 98 valence electrons. The van der Waals surface area contributed by atoms with E-state index in [2.05, 4.69) is 33.5 Å². The van der Waals surface area contributed by atoms with Gasteiger partial charge in [-0.1, -0.05) is 0 Å². The molecular formula is C13H19N3O2. The van der Waals surface area contributed by atoms with Crippen LogP contribution in [0.5, 0.6) is 0 Å². The van der Waals surface area contributed by atoms with Crippen molar-refractivity contribution in [3.8, 4) is 0 Å². The molecule has 0 unspecified atom stereocenters. The largest absolute Gasteiger partial charge is 0.464 e. The molecule has 1 aromatic rings. The Morgan fingerprint density at radius 3 is 2.61 bits per heavy atom. The highest BCUT2D eigenvalue weighted by Crippen LogP contribution is 2.31. The molecule has 0 aromatic carbocycles. The Morgan fingerprint density at radius 1 is 1.44 bits per heavy atom. The zero-order chi connectivity index (χ0) is 13.1. The molecule has 0 radical (unpaired) electrons. The summed E-state index contributed by atoms with van der Waals surface area (Å²) in [6.07, 6.45) is 5.73. The maximum Gasteiger partial charge on any atom is 0.358 e. The third kappa shape index (κ3) is 2.97. The number of carbonyl (C=O) groups is 1. The van der Waals surface area contributed by atoms with Gasteiger partial charge in [0.05, 0.1) is 19.5 Å². The minimum absolute atomic E-state index is 0.247. The van der Waals surface area contributed by atoms with Crippen LogP contribution < -0.4 is 4.90 Å². The number of anilines is 1. The van der Waals surface area contributed by atoms with Gasteiger partial charge in [-0.2, -0.15) is 0 Å². The van der Waals surface area contributed by atoms with E-state index in [9.17, 15) is 4.79 Å². The van der Waals surface area contributed by atoms with Crippen molar-refractivity contribution in [2.75, 3.05) is 18.6 Å². The van der Waals surface area contributed by atoms with Gasteiger partial charge in [0.15, 0.2) is 5.69 Å². The van der Waals surface area contributed by atoms with Gasteiger partial charge in [0.2, 0.25) is 0 Å². The van der Waals surface area contributed by atoms with Gasteiger partial charge in [-0.15, -0.1) is 0 Å². The molecule has 1 aliphatic rings. The summed E-state index contributed by atoms with van der Waals surface area (Å²) >= 11 is 0. The van der Waals surface area contributed by atoms with Crippen molar-refractivity contribution in [3.63, 3.8) is 0 Å². The van der Waals surface area contributed by atoms with Gasteiger partial charge in [0, 0.05) is 12.6 Å². The second-order valence-electron chi connectivity index (χ2n) is 4.94. The highest BCUT2D eigenvalue weighted by Gasteiger charge is 2.26. The maximum absolute atomic E-state index is 11.3. The van der Waals surface area contributed by atoms with Crippen molar-refractivity contribution in [3.05, 3.63) is 18.1 Å². The van der Waals surface area contributed by atoms with Crippen LogP contribution in [0, 0.1) is 5.92 Å². The Labute approximate surface area is 107 Å². The average Bonchev–Trinajstić information content (AvgIpc) is 3.19. The molecule has 0 amide bonds. The molecule has 18 heavy (non-hydrogen) atoms. The number of nitrogens with zero attached hydrogens (tertiary/aromatic N) is 3. The minimum atomic E-state index is -0.452. The lowest BCUT2D eigenvalue weighted by Crippen LogP contribution is -2.33. The minimum Gasteiger partial charge on any atom is -0.464 e. The van der Waals surface area contributed by atoms with E-state index < -0.39 is 5.97 Å². The Bertz CT molecular complexity index is 413. The lowest BCUT2D eigenvalue weighted by atomic mass is 10.2. The summed E-state index contributed by atoms with van der Waals surface area (Å²) in [7, 11) is 1.34. The molecule has 5 nitrogen and oxygen atoms in total. The zero-order valence-corrected chi connectivity index (χ0v) is 11.1. The third-order valence-corrected chi connectivity index (χ3v) is 3.10. The van der Waals surface area contributed by atoms with Crippen LogP contribution in [0.2, 0.25) is 0 Å². The SMILES string of the molecule is COC(=O)c1cnc(N(CC2CC2)C(C)C)cn1. The van der Waals surface area contributed by atoms with Crippen LogP contribution in [-0.2, 0) is 4.74 Å². The van der Waals surface area contributed by atoms with E-state index in [1.807, 2.05) is 0 Å². The molecule has 0 N–H and O–H groups in total. The maximum atomic E-state index is 11.3. The van der Waals surface area contributed by atoms with Gasteiger partial charge in [-0.3, -0.25) is 0 Å². The van der Waals surface area contributed by atoms with Crippen LogP contribution in [0.25, 0.3) is 0 Å². The van der Waals surface area contributed by atoms with E-state index in [1.165, 1.54) is 26.1 Å². The molecule has 0 saturated heterocycles. The summed E-state index contributed by atoms with van der Waals surface area (Å²) in [4.78, 5) is 21.9. The van der Waals surface area contributed by atoms with Gasteiger partial charge in [-0.05, 0) is 32.6 Å². The van der Waals surface area contributed by atoms with E-state index in [0.29, 0.717) is 6.04 Å². The summed E-state index contributed by atoms with van der Waals surface area (Å²) in [5, 5.41) is 0. The van der Waals surface area contributed by atoms with Gasteiger partial charge in [0.25, 0.3) is 0 Å². The molecule has 1 heterocycles. The quantitative estimate of drug-likeness (QED) is 0.746. The van der Waals surface area contributed by atoms with Crippen molar-refractivity contribution in [2.24, 2.45) is 5.92 Å². The second-order valence-corrected chi connectivity index (χ2v) is 4.94. The molecule has 5 heteroatoms. The summed E-state index contributed by atoms with van der Waals surface area (Å²) in [6, 6.07) is 0.379. The first-order valence-electron chi connectivity index (χ1n) is 6.28. The molecule has 1 aliphatic carbocycles. The highest BCUT2D eigenvalue weighted by molar-refractivity contribution is 5.86. The summed E-state index contributed by atoms with van der Waals surface area (Å²) in [5.74, 6) is 1.16. The molecular weight excluding hydrogens is 230 g/mol. The monoisotopic (exact) mass is 249 g/mol. The number of ether oxygens (including phenoxy) is 1. The smallest absolute Gasteiger partial charge is 0.358 e. The first kappa shape index (κ1) is 12.8. The molecule has 1 fully saturated rings. The first-order valence-corrected chi connectivity index (χ1v) is 6.28. The van der Waals surface area contributed by atoms with Crippen LogP contribution in [0.15, 0.2) is 12.4 Å². The molecule has 1 aromatic heterocycles. The predicted molar refractivity (Wildman–Crippen MR) is 68.6 cm³/mol. The predicted octanol–water partition coefficient (Wildman–Crippen LogP) is 1.89. The lowest BCUT2D eigenvalue weighted by Gasteiger charge is -2.27. The van der Waals surface area contributed by atoms with Gasteiger partial charge < -0.3 is 9.64 Å². The number of hydrogen-bond acceptors (Lipinski definition) is 5. The van der Waals surface area contributed by atoms with Gasteiger partial charge in [0.1, 0.15) is 5.82 Å². The number of aromatic nitrogens is 2. The van der Waals surface area contributed by atoms with Gasteiger partial charge in [-0.25, -0.2) is 14.8 Å². The number of carbonyl (C=O) groups excluding carboxylic acids is 1. The molecule has 0 spiro atoms. The number of hydrogen-bond donors (Lipinski definition) is 0. The molecule has 0 bridgehead atoms. The topological polar surface area (TPSA) is 55.3 Å². The number of methoxy groups -OCH3 is 1. The Morgan fingerprint density at radius 2 is 2.17 bits per heavy atom. The van der Waals surface area contributed by atoms with Gasteiger partial charge >= 0.3 is 5.97 Å². The van der Waals surface area contributed by atoms with Crippen LogP contribution in [0.3, 0.4) is 0 Å². The fraction of sp³-hybridized carbons (Fsp3) is 0.615. The number of esters is 1. The Hall–Kier alpha value is -1.65. The summed E-state index contributed by atoms with van der Waals surface area (Å²) < 4.78 is 4.60. The zero-order valence-electron chi connectivity index (χ0n) is 11.1. The second kappa shape index (κ2) is 5.33.